The Labute approximate surface area is 117 Å². The maximum atomic E-state index is 12.8. The molecule has 1 rings (SSSR count). The highest BCUT2D eigenvalue weighted by Crippen LogP contribution is 2.33. The first kappa shape index (κ1) is 17.0. The standard InChI is InChI=1S/C13H18F3NO2S/c1-3-10(4-2)9-17-20(18,19)12-8-6-5-7-11(12)13(14,15)16/h5-8,10,17H,3-4,9H2,1-2H3. The topological polar surface area (TPSA) is 46.2 Å². The molecular formula is C13H18F3NO2S. The van der Waals surface area contributed by atoms with Crippen LogP contribution in [0.15, 0.2) is 29.2 Å². The van der Waals surface area contributed by atoms with Crippen LogP contribution in [0, 0.1) is 5.92 Å². The lowest BCUT2D eigenvalue weighted by atomic mass is 10.0. The lowest BCUT2D eigenvalue weighted by Crippen LogP contribution is -2.30. The molecule has 0 aromatic heterocycles. The van der Waals surface area contributed by atoms with Crippen LogP contribution in [-0.4, -0.2) is 15.0 Å². The molecule has 0 radical (unpaired) electrons. The number of alkyl halides is 3. The molecule has 0 spiro atoms. The predicted molar refractivity (Wildman–Crippen MR) is 70.7 cm³/mol. The number of halogens is 3. The van der Waals surface area contributed by atoms with Crippen LogP contribution >= 0.6 is 0 Å². The van der Waals surface area contributed by atoms with Crippen LogP contribution in [0.5, 0.6) is 0 Å². The minimum Gasteiger partial charge on any atom is -0.211 e. The van der Waals surface area contributed by atoms with Gasteiger partial charge in [-0.2, -0.15) is 13.2 Å². The molecule has 3 nitrogen and oxygen atoms in total. The van der Waals surface area contributed by atoms with E-state index in [1.54, 1.807) is 0 Å². The molecule has 0 heterocycles. The molecule has 1 aromatic carbocycles. The first-order valence-electron chi connectivity index (χ1n) is 6.38. The van der Waals surface area contributed by atoms with Crippen molar-refractivity contribution in [1.29, 1.82) is 0 Å². The highest BCUT2D eigenvalue weighted by Gasteiger charge is 2.36. The van der Waals surface area contributed by atoms with E-state index in [1.807, 2.05) is 13.8 Å². The van der Waals surface area contributed by atoms with E-state index in [2.05, 4.69) is 4.72 Å². The molecule has 1 aromatic rings. The third-order valence-electron chi connectivity index (χ3n) is 3.20. The molecule has 0 unspecified atom stereocenters. The summed E-state index contributed by atoms with van der Waals surface area (Å²) in [6.45, 7) is 3.96. The highest BCUT2D eigenvalue weighted by molar-refractivity contribution is 7.89. The van der Waals surface area contributed by atoms with E-state index in [0.717, 1.165) is 25.0 Å². The third kappa shape index (κ3) is 4.21. The van der Waals surface area contributed by atoms with Gasteiger partial charge in [-0.05, 0) is 18.1 Å². The summed E-state index contributed by atoms with van der Waals surface area (Å²) in [5.41, 5.74) is -1.14. The maximum absolute atomic E-state index is 12.8. The van der Waals surface area contributed by atoms with Gasteiger partial charge in [0.05, 0.1) is 10.5 Å². The second kappa shape index (κ2) is 6.58. The zero-order chi connectivity index (χ0) is 15.4. The molecule has 0 atom stereocenters. The Balaban J connectivity index is 3.05. The zero-order valence-corrected chi connectivity index (χ0v) is 12.2. The molecule has 0 fully saturated rings. The first-order valence-corrected chi connectivity index (χ1v) is 7.86. The van der Waals surface area contributed by atoms with E-state index < -0.39 is 26.7 Å². The minimum absolute atomic E-state index is 0.114. The van der Waals surface area contributed by atoms with Crippen molar-refractivity contribution < 1.29 is 21.6 Å². The molecule has 0 aliphatic heterocycles. The van der Waals surface area contributed by atoms with Crippen LogP contribution < -0.4 is 4.72 Å². The summed E-state index contributed by atoms with van der Waals surface area (Å²) in [5.74, 6) is 0.114. The Kier molecular flexibility index (Phi) is 5.59. The van der Waals surface area contributed by atoms with Crippen LogP contribution in [0.4, 0.5) is 13.2 Å². The Hall–Kier alpha value is -1.08. The SMILES string of the molecule is CCC(CC)CNS(=O)(=O)c1ccccc1C(F)(F)F. The maximum Gasteiger partial charge on any atom is 0.417 e. The van der Waals surface area contributed by atoms with Gasteiger partial charge >= 0.3 is 6.18 Å². The van der Waals surface area contributed by atoms with Crippen LogP contribution in [-0.2, 0) is 16.2 Å². The van der Waals surface area contributed by atoms with Gasteiger partial charge in [0.2, 0.25) is 10.0 Å². The van der Waals surface area contributed by atoms with Crippen molar-refractivity contribution in [1.82, 2.24) is 4.72 Å². The predicted octanol–water partition coefficient (Wildman–Crippen LogP) is 3.42. The Morgan fingerprint density at radius 2 is 1.70 bits per heavy atom. The summed E-state index contributed by atoms with van der Waals surface area (Å²) in [4.78, 5) is -0.724. The quantitative estimate of drug-likeness (QED) is 0.875. The summed E-state index contributed by atoms with van der Waals surface area (Å²) >= 11 is 0. The fraction of sp³-hybridized carbons (Fsp3) is 0.538. The van der Waals surface area contributed by atoms with Crippen LogP contribution in [0.1, 0.15) is 32.3 Å². The van der Waals surface area contributed by atoms with Crippen molar-refractivity contribution >= 4 is 10.0 Å². The normalized spacial score (nSPS) is 12.9. The third-order valence-corrected chi connectivity index (χ3v) is 4.68. The van der Waals surface area contributed by atoms with E-state index in [4.69, 9.17) is 0 Å². The van der Waals surface area contributed by atoms with E-state index in [-0.39, 0.29) is 12.5 Å². The van der Waals surface area contributed by atoms with Gasteiger partial charge in [0.25, 0.3) is 0 Å². The Morgan fingerprint density at radius 1 is 1.15 bits per heavy atom. The van der Waals surface area contributed by atoms with Gasteiger partial charge in [0.1, 0.15) is 0 Å². The smallest absolute Gasteiger partial charge is 0.211 e. The van der Waals surface area contributed by atoms with Gasteiger partial charge in [0, 0.05) is 6.54 Å². The number of sulfonamides is 1. The Morgan fingerprint density at radius 3 is 2.20 bits per heavy atom. The van der Waals surface area contributed by atoms with Gasteiger partial charge < -0.3 is 0 Å². The number of hydrogen-bond donors (Lipinski definition) is 1. The molecule has 114 valence electrons. The highest BCUT2D eigenvalue weighted by atomic mass is 32.2. The molecule has 0 saturated carbocycles. The van der Waals surface area contributed by atoms with Crippen molar-refractivity contribution in [3.63, 3.8) is 0 Å². The van der Waals surface area contributed by atoms with Gasteiger partial charge in [-0.3, -0.25) is 0 Å². The number of benzene rings is 1. The fourth-order valence-electron chi connectivity index (χ4n) is 1.82. The zero-order valence-electron chi connectivity index (χ0n) is 11.4. The van der Waals surface area contributed by atoms with Crippen LogP contribution in [0.25, 0.3) is 0 Å². The summed E-state index contributed by atoms with van der Waals surface area (Å²) in [5, 5.41) is 0. The van der Waals surface area contributed by atoms with Crippen LogP contribution in [0.3, 0.4) is 0 Å². The second-order valence-corrected chi connectivity index (χ2v) is 6.26. The van der Waals surface area contributed by atoms with Gasteiger partial charge in [-0.1, -0.05) is 38.8 Å². The van der Waals surface area contributed by atoms with Crippen molar-refractivity contribution in [2.45, 2.75) is 37.8 Å². The lowest BCUT2D eigenvalue weighted by molar-refractivity contribution is -0.139. The largest absolute Gasteiger partial charge is 0.417 e. The van der Waals surface area contributed by atoms with E-state index >= 15 is 0 Å². The average Bonchev–Trinajstić information content (AvgIpc) is 2.39. The Bertz CT molecular complexity index is 537. The van der Waals surface area contributed by atoms with E-state index in [0.29, 0.717) is 0 Å². The number of nitrogens with one attached hydrogen (secondary N) is 1. The minimum atomic E-state index is -4.69. The summed E-state index contributed by atoms with van der Waals surface area (Å²) in [6, 6.07) is 4.19. The second-order valence-electron chi connectivity index (χ2n) is 4.53. The van der Waals surface area contributed by atoms with Gasteiger partial charge in [-0.15, -0.1) is 0 Å². The van der Waals surface area contributed by atoms with Gasteiger partial charge in [-0.25, -0.2) is 13.1 Å². The van der Waals surface area contributed by atoms with Crippen molar-refractivity contribution in [2.24, 2.45) is 5.92 Å². The molecule has 0 bridgehead atoms. The molecule has 0 saturated heterocycles. The number of hydrogen-bond acceptors (Lipinski definition) is 2. The lowest BCUT2D eigenvalue weighted by Gasteiger charge is -2.16. The molecule has 0 amide bonds. The molecule has 1 N–H and O–H groups in total. The van der Waals surface area contributed by atoms with Crippen molar-refractivity contribution in [2.75, 3.05) is 6.54 Å². The summed E-state index contributed by atoms with van der Waals surface area (Å²) < 4.78 is 64.8. The summed E-state index contributed by atoms with van der Waals surface area (Å²) in [6.07, 6.45) is -3.17. The van der Waals surface area contributed by atoms with Crippen LogP contribution in [0.2, 0.25) is 0 Å². The molecule has 20 heavy (non-hydrogen) atoms. The first-order chi connectivity index (χ1) is 9.22. The van der Waals surface area contributed by atoms with E-state index in [1.165, 1.54) is 12.1 Å². The number of rotatable bonds is 6. The fourth-order valence-corrected chi connectivity index (χ4v) is 3.16. The molecular weight excluding hydrogens is 291 g/mol. The molecule has 7 heteroatoms. The summed E-state index contributed by atoms with van der Waals surface area (Å²) in [7, 11) is -4.16. The molecule has 0 aliphatic carbocycles. The van der Waals surface area contributed by atoms with Gasteiger partial charge in [0.15, 0.2) is 0 Å². The monoisotopic (exact) mass is 309 g/mol. The molecule has 0 aliphatic rings. The van der Waals surface area contributed by atoms with Crippen molar-refractivity contribution in [3.8, 4) is 0 Å². The van der Waals surface area contributed by atoms with Crippen molar-refractivity contribution in [3.05, 3.63) is 29.8 Å². The van der Waals surface area contributed by atoms with E-state index in [9.17, 15) is 21.6 Å². The average molecular weight is 309 g/mol.